The first-order chi connectivity index (χ1) is 13.0. The van der Waals surface area contributed by atoms with Crippen molar-refractivity contribution in [1.29, 1.82) is 0 Å². The SMILES string of the molecule is C=CCN1C(=O)N/C(=C/c2ccc(OCc3cccc(C)c3)c(I)c2)C1=O. The van der Waals surface area contributed by atoms with Crippen LogP contribution in [0.5, 0.6) is 5.75 Å². The number of hydrogen-bond donors (Lipinski definition) is 1. The second kappa shape index (κ2) is 8.39. The summed E-state index contributed by atoms with van der Waals surface area (Å²) in [5.41, 5.74) is 3.37. The second-order valence-electron chi connectivity index (χ2n) is 6.16. The molecule has 0 aliphatic carbocycles. The Morgan fingerprint density at radius 1 is 1.22 bits per heavy atom. The van der Waals surface area contributed by atoms with Crippen LogP contribution in [0.1, 0.15) is 16.7 Å². The van der Waals surface area contributed by atoms with Gasteiger partial charge in [0.15, 0.2) is 0 Å². The summed E-state index contributed by atoms with van der Waals surface area (Å²) in [7, 11) is 0. The largest absolute Gasteiger partial charge is 0.488 e. The molecule has 6 heteroatoms. The van der Waals surface area contributed by atoms with E-state index >= 15 is 0 Å². The molecule has 1 aliphatic heterocycles. The molecule has 3 amide bonds. The zero-order valence-corrected chi connectivity index (χ0v) is 17.0. The maximum Gasteiger partial charge on any atom is 0.329 e. The average molecular weight is 474 g/mol. The van der Waals surface area contributed by atoms with Crippen molar-refractivity contribution in [3.05, 3.63) is 81.1 Å². The molecule has 0 saturated carbocycles. The van der Waals surface area contributed by atoms with Crippen LogP contribution in [-0.2, 0) is 11.4 Å². The van der Waals surface area contributed by atoms with Gasteiger partial charge in [0, 0.05) is 6.54 Å². The van der Waals surface area contributed by atoms with E-state index in [0.717, 1.165) is 25.3 Å². The van der Waals surface area contributed by atoms with Crippen molar-refractivity contribution >= 4 is 40.6 Å². The quantitative estimate of drug-likeness (QED) is 0.295. The molecule has 0 bridgehead atoms. The Bertz CT molecular complexity index is 937. The standard InChI is InChI=1S/C21H19IN2O3/c1-3-9-24-20(25)18(23-21(24)26)12-15-7-8-19(17(22)11-15)27-13-16-6-4-5-14(2)10-16/h3-8,10-12H,1,9,13H2,2H3,(H,23,26)/b18-12+. The van der Waals surface area contributed by atoms with Gasteiger partial charge in [-0.2, -0.15) is 0 Å². The third-order valence-electron chi connectivity index (χ3n) is 4.02. The maximum atomic E-state index is 12.2. The fourth-order valence-electron chi connectivity index (χ4n) is 2.72. The lowest BCUT2D eigenvalue weighted by Crippen LogP contribution is -2.30. The van der Waals surface area contributed by atoms with E-state index in [1.807, 2.05) is 30.3 Å². The number of nitrogens with one attached hydrogen (secondary N) is 1. The van der Waals surface area contributed by atoms with E-state index in [9.17, 15) is 9.59 Å². The van der Waals surface area contributed by atoms with Gasteiger partial charge in [-0.1, -0.05) is 42.0 Å². The summed E-state index contributed by atoms with van der Waals surface area (Å²) in [4.78, 5) is 25.2. The monoisotopic (exact) mass is 474 g/mol. The van der Waals surface area contributed by atoms with Gasteiger partial charge in [-0.25, -0.2) is 4.79 Å². The molecule has 0 atom stereocenters. The van der Waals surface area contributed by atoms with E-state index < -0.39 is 6.03 Å². The van der Waals surface area contributed by atoms with Gasteiger partial charge >= 0.3 is 6.03 Å². The molecule has 0 radical (unpaired) electrons. The van der Waals surface area contributed by atoms with Crippen LogP contribution in [0.4, 0.5) is 4.79 Å². The van der Waals surface area contributed by atoms with E-state index in [2.05, 4.69) is 53.5 Å². The van der Waals surface area contributed by atoms with Crippen molar-refractivity contribution in [2.45, 2.75) is 13.5 Å². The van der Waals surface area contributed by atoms with E-state index in [-0.39, 0.29) is 18.1 Å². The maximum absolute atomic E-state index is 12.2. The van der Waals surface area contributed by atoms with Gasteiger partial charge in [0.1, 0.15) is 18.1 Å². The minimum atomic E-state index is -0.432. The van der Waals surface area contributed by atoms with Gasteiger partial charge in [0.2, 0.25) is 0 Å². The van der Waals surface area contributed by atoms with Crippen LogP contribution in [0.2, 0.25) is 0 Å². The molecule has 1 N–H and O–H groups in total. The number of carbonyl (C=O) groups is 2. The Kier molecular flexibility index (Phi) is 5.95. The van der Waals surface area contributed by atoms with E-state index in [0.29, 0.717) is 6.61 Å². The van der Waals surface area contributed by atoms with Crippen LogP contribution in [-0.4, -0.2) is 23.4 Å². The summed E-state index contributed by atoms with van der Waals surface area (Å²) < 4.78 is 6.83. The molecule has 0 unspecified atom stereocenters. The highest BCUT2D eigenvalue weighted by molar-refractivity contribution is 14.1. The molecule has 1 heterocycles. The smallest absolute Gasteiger partial charge is 0.329 e. The Morgan fingerprint density at radius 3 is 2.74 bits per heavy atom. The van der Waals surface area contributed by atoms with Crippen molar-refractivity contribution in [2.24, 2.45) is 0 Å². The first kappa shape index (κ1) is 19.2. The number of halogens is 1. The molecule has 2 aromatic rings. The van der Waals surface area contributed by atoms with Crippen LogP contribution in [0.15, 0.2) is 60.8 Å². The van der Waals surface area contributed by atoms with Gasteiger partial charge in [-0.05, 0) is 58.9 Å². The molecule has 1 saturated heterocycles. The van der Waals surface area contributed by atoms with E-state index in [1.54, 1.807) is 6.08 Å². The predicted molar refractivity (Wildman–Crippen MR) is 113 cm³/mol. The Labute approximate surface area is 171 Å². The van der Waals surface area contributed by atoms with Crippen molar-refractivity contribution in [3.8, 4) is 5.75 Å². The molecule has 1 aliphatic rings. The van der Waals surface area contributed by atoms with Crippen molar-refractivity contribution in [3.63, 3.8) is 0 Å². The van der Waals surface area contributed by atoms with E-state index in [4.69, 9.17) is 4.74 Å². The van der Waals surface area contributed by atoms with Gasteiger partial charge in [0.25, 0.3) is 5.91 Å². The minimum absolute atomic E-state index is 0.186. The summed E-state index contributed by atoms with van der Waals surface area (Å²) in [5.74, 6) is 0.420. The number of ether oxygens (including phenoxy) is 1. The van der Waals surface area contributed by atoms with Crippen LogP contribution in [0.25, 0.3) is 6.08 Å². The first-order valence-electron chi connectivity index (χ1n) is 8.41. The molecule has 1 fully saturated rings. The van der Waals surface area contributed by atoms with Gasteiger partial charge < -0.3 is 10.1 Å². The van der Waals surface area contributed by atoms with Crippen molar-refractivity contribution in [2.75, 3.05) is 6.54 Å². The highest BCUT2D eigenvalue weighted by Gasteiger charge is 2.32. The number of carbonyl (C=O) groups excluding carboxylic acids is 2. The number of hydrogen-bond acceptors (Lipinski definition) is 3. The lowest BCUT2D eigenvalue weighted by molar-refractivity contribution is -0.122. The van der Waals surface area contributed by atoms with Crippen LogP contribution in [0, 0.1) is 10.5 Å². The number of rotatable bonds is 6. The van der Waals surface area contributed by atoms with Gasteiger partial charge in [0.05, 0.1) is 3.57 Å². The summed E-state index contributed by atoms with van der Waals surface area (Å²) in [6.07, 6.45) is 3.18. The Morgan fingerprint density at radius 2 is 2.04 bits per heavy atom. The van der Waals surface area contributed by atoms with Crippen molar-refractivity contribution in [1.82, 2.24) is 10.2 Å². The molecule has 5 nitrogen and oxygen atoms in total. The van der Waals surface area contributed by atoms with Gasteiger partial charge in [-0.15, -0.1) is 6.58 Å². The Hall–Kier alpha value is -2.61. The molecule has 0 aromatic heterocycles. The van der Waals surface area contributed by atoms with E-state index in [1.165, 1.54) is 11.6 Å². The topological polar surface area (TPSA) is 58.6 Å². The third kappa shape index (κ3) is 4.57. The first-order valence-corrected chi connectivity index (χ1v) is 9.49. The normalized spacial score (nSPS) is 15.2. The molecular weight excluding hydrogens is 455 g/mol. The number of nitrogens with zero attached hydrogens (tertiary/aromatic N) is 1. The minimum Gasteiger partial charge on any atom is -0.488 e. The molecular formula is C21H19IN2O3. The third-order valence-corrected chi connectivity index (χ3v) is 4.86. The summed E-state index contributed by atoms with van der Waals surface area (Å²) >= 11 is 2.20. The summed E-state index contributed by atoms with van der Waals surface area (Å²) in [6.45, 7) is 6.28. The highest BCUT2D eigenvalue weighted by Crippen LogP contribution is 2.25. The number of urea groups is 1. The second-order valence-corrected chi connectivity index (χ2v) is 7.32. The molecule has 0 spiro atoms. The Balaban J connectivity index is 1.72. The number of imide groups is 1. The zero-order chi connectivity index (χ0) is 19.4. The summed E-state index contributed by atoms with van der Waals surface area (Å²) in [6, 6.07) is 13.4. The number of aryl methyl sites for hydroxylation is 1. The lowest BCUT2D eigenvalue weighted by Gasteiger charge is -2.10. The molecule has 2 aromatic carbocycles. The van der Waals surface area contributed by atoms with Crippen molar-refractivity contribution < 1.29 is 14.3 Å². The van der Waals surface area contributed by atoms with Crippen LogP contribution >= 0.6 is 22.6 Å². The number of benzene rings is 2. The predicted octanol–water partition coefficient (Wildman–Crippen LogP) is 4.26. The highest BCUT2D eigenvalue weighted by atomic mass is 127. The average Bonchev–Trinajstić information content (AvgIpc) is 2.89. The molecule has 138 valence electrons. The zero-order valence-electron chi connectivity index (χ0n) is 14.9. The molecule has 27 heavy (non-hydrogen) atoms. The number of amides is 3. The lowest BCUT2D eigenvalue weighted by atomic mass is 10.1. The van der Waals surface area contributed by atoms with Gasteiger partial charge in [-0.3, -0.25) is 9.69 Å². The fraction of sp³-hybridized carbons (Fsp3) is 0.143. The fourth-order valence-corrected chi connectivity index (χ4v) is 3.42. The summed E-state index contributed by atoms with van der Waals surface area (Å²) in [5, 5.41) is 2.59. The van der Waals surface area contributed by atoms with Crippen LogP contribution in [0.3, 0.4) is 0 Å². The van der Waals surface area contributed by atoms with Crippen LogP contribution < -0.4 is 10.1 Å². The molecule has 3 rings (SSSR count).